The molecule has 2 aromatic carbocycles. The summed E-state index contributed by atoms with van der Waals surface area (Å²) in [6.45, 7) is 0.536. The van der Waals surface area contributed by atoms with Crippen molar-refractivity contribution in [3.63, 3.8) is 0 Å². The minimum atomic E-state index is -0.775. The van der Waals surface area contributed by atoms with E-state index in [-0.39, 0.29) is 17.7 Å². The zero-order chi connectivity index (χ0) is 14.8. The molecule has 0 spiro atoms. The number of aliphatic carboxylic acids is 1. The molecule has 0 saturated heterocycles. The van der Waals surface area contributed by atoms with Crippen molar-refractivity contribution in [2.24, 2.45) is 5.92 Å². The van der Waals surface area contributed by atoms with E-state index in [0.717, 1.165) is 11.1 Å². The Labute approximate surface area is 122 Å². The van der Waals surface area contributed by atoms with E-state index in [1.54, 1.807) is 12.1 Å². The van der Waals surface area contributed by atoms with Gasteiger partial charge in [0.2, 0.25) is 0 Å². The first-order valence-corrected chi connectivity index (χ1v) is 6.95. The van der Waals surface area contributed by atoms with E-state index in [9.17, 15) is 9.18 Å². The van der Waals surface area contributed by atoms with Crippen molar-refractivity contribution in [2.45, 2.75) is 18.9 Å². The molecule has 2 atom stereocenters. The Balaban J connectivity index is 1.72. The zero-order valence-corrected chi connectivity index (χ0v) is 11.4. The van der Waals surface area contributed by atoms with Gasteiger partial charge in [-0.15, -0.1) is 0 Å². The Morgan fingerprint density at radius 3 is 2.67 bits per heavy atom. The average Bonchev–Trinajstić information content (AvgIpc) is 3.28. The van der Waals surface area contributed by atoms with Gasteiger partial charge in [-0.05, 0) is 35.6 Å². The molecule has 1 fully saturated rings. The maximum Gasteiger partial charge on any atom is 0.307 e. The summed E-state index contributed by atoms with van der Waals surface area (Å²) in [4.78, 5) is 10.9. The Hall–Kier alpha value is -2.36. The van der Waals surface area contributed by atoms with Crippen LogP contribution < -0.4 is 5.32 Å². The van der Waals surface area contributed by atoms with E-state index in [4.69, 9.17) is 5.11 Å². The smallest absolute Gasteiger partial charge is 0.307 e. The van der Waals surface area contributed by atoms with Gasteiger partial charge in [-0.1, -0.05) is 36.4 Å². The minimum Gasteiger partial charge on any atom is -0.481 e. The molecule has 108 valence electrons. The molecule has 0 aliphatic heterocycles. The molecule has 0 bridgehead atoms. The highest BCUT2D eigenvalue weighted by Gasteiger charge is 2.44. The van der Waals surface area contributed by atoms with Gasteiger partial charge >= 0.3 is 5.97 Å². The van der Waals surface area contributed by atoms with Crippen molar-refractivity contribution >= 4 is 11.7 Å². The SMILES string of the molecule is O=C(O)[C@@H]1C[C@H]1c1ccc(F)c(NCc2ccccc2)c1. The van der Waals surface area contributed by atoms with Crippen molar-refractivity contribution in [2.75, 3.05) is 5.32 Å². The minimum absolute atomic E-state index is 0.0142. The van der Waals surface area contributed by atoms with Crippen LogP contribution in [0.5, 0.6) is 0 Å². The van der Waals surface area contributed by atoms with Gasteiger partial charge in [-0.25, -0.2) is 4.39 Å². The molecular formula is C17H16FNO2. The maximum absolute atomic E-state index is 13.8. The van der Waals surface area contributed by atoms with Crippen LogP contribution in [-0.4, -0.2) is 11.1 Å². The fourth-order valence-electron chi connectivity index (χ4n) is 2.54. The van der Waals surface area contributed by atoms with Crippen LogP contribution in [0.25, 0.3) is 0 Å². The molecule has 2 aromatic rings. The van der Waals surface area contributed by atoms with Crippen LogP contribution in [0, 0.1) is 11.7 Å². The van der Waals surface area contributed by atoms with Crippen molar-refractivity contribution < 1.29 is 14.3 Å². The Morgan fingerprint density at radius 1 is 1.24 bits per heavy atom. The second kappa shape index (κ2) is 5.56. The predicted octanol–water partition coefficient (Wildman–Crippen LogP) is 3.63. The number of rotatable bonds is 5. The second-order valence-electron chi connectivity index (χ2n) is 5.37. The van der Waals surface area contributed by atoms with Gasteiger partial charge in [0.1, 0.15) is 5.82 Å². The molecule has 1 aliphatic carbocycles. The van der Waals surface area contributed by atoms with E-state index < -0.39 is 5.97 Å². The summed E-state index contributed by atoms with van der Waals surface area (Å²) in [5.74, 6) is -1.40. The first-order chi connectivity index (χ1) is 10.1. The summed E-state index contributed by atoms with van der Waals surface area (Å²) < 4.78 is 13.8. The highest BCUT2D eigenvalue weighted by molar-refractivity contribution is 5.75. The van der Waals surface area contributed by atoms with Crippen molar-refractivity contribution in [1.82, 2.24) is 0 Å². The topological polar surface area (TPSA) is 49.3 Å². The van der Waals surface area contributed by atoms with E-state index >= 15 is 0 Å². The fourth-order valence-corrected chi connectivity index (χ4v) is 2.54. The standard InChI is InChI=1S/C17H16FNO2/c18-15-7-6-12(13-9-14(13)17(20)21)8-16(15)19-10-11-4-2-1-3-5-11/h1-8,13-14,19H,9-10H2,(H,20,21)/t13-,14+/m0/s1. The largest absolute Gasteiger partial charge is 0.481 e. The summed E-state index contributed by atoms with van der Waals surface area (Å²) in [5.41, 5.74) is 2.38. The zero-order valence-electron chi connectivity index (χ0n) is 11.4. The monoisotopic (exact) mass is 285 g/mol. The molecule has 4 heteroatoms. The highest BCUT2D eigenvalue weighted by Crippen LogP contribution is 2.48. The van der Waals surface area contributed by atoms with Gasteiger partial charge in [0.05, 0.1) is 11.6 Å². The number of hydrogen-bond acceptors (Lipinski definition) is 2. The first-order valence-electron chi connectivity index (χ1n) is 6.95. The van der Waals surface area contributed by atoms with Gasteiger partial charge in [0.15, 0.2) is 0 Å². The molecule has 3 rings (SSSR count). The average molecular weight is 285 g/mol. The predicted molar refractivity (Wildman–Crippen MR) is 78.7 cm³/mol. The molecule has 0 radical (unpaired) electrons. The van der Waals surface area contributed by atoms with Crippen LogP contribution in [-0.2, 0) is 11.3 Å². The van der Waals surface area contributed by atoms with E-state index in [1.807, 2.05) is 30.3 Å². The van der Waals surface area contributed by atoms with Crippen molar-refractivity contribution in [3.05, 3.63) is 65.5 Å². The number of benzene rings is 2. The van der Waals surface area contributed by atoms with Crippen LogP contribution in [0.3, 0.4) is 0 Å². The normalized spacial score (nSPS) is 20.0. The summed E-state index contributed by atoms with van der Waals surface area (Å²) in [6.07, 6.45) is 0.638. The number of halogens is 1. The highest BCUT2D eigenvalue weighted by atomic mass is 19.1. The number of carbonyl (C=O) groups is 1. The summed E-state index contributed by atoms with van der Waals surface area (Å²) in [6, 6.07) is 14.6. The molecule has 1 aliphatic rings. The quantitative estimate of drug-likeness (QED) is 0.882. The van der Waals surface area contributed by atoms with Gasteiger partial charge in [-0.3, -0.25) is 4.79 Å². The van der Waals surface area contributed by atoms with E-state index in [0.29, 0.717) is 18.7 Å². The Bertz CT molecular complexity index is 657. The third-order valence-corrected chi connectivity index (χ3v) is 3.85. The summed E-state index contributed by atoms with van der Waals surface area (Å²) in [5, 5.41) is 12.0. The third-order valence-electron chi connectivity index (χ3n) is 3.85. The molecule has 2 N–H and O–H groups in total. The van der Waals surface area contributed by atoms with Gasteiger partial charge in [-0.2, -0.15) is 0 Å². The Morgan fingerprint density at radius 2 is 2.00 bits per heavy atom. The lowest BCUT2D eigenvalue weighted by atomic mass is 10.1. The van der Waals surface area contributed by atoms with Crippen LogP contribution in [0.2, 0.25) is 0 Å². The number of hydrogen-bond donors (Lipinski definition) is 2. The molecule has 3 nitrogen and oxygen atoms in total. The maximum atomic E-state index is 13.8. The molecule has 0 aromatic heterocycles. The number of carboxylic acid groups (broad SMARTS) is 1. The van der Waals surface area contributed by atoms with Gasteiger partial charge in [0, 0.05) is 6.54 Å². The first kappa shape index (κ1) is 13.6. The summed E-state index contributed by atoms with van der Waals surface area (Å²) >= 11 is 0. The molecule has 0 unspecified atom stereocenters. The number of anilines is 1. The number of nitrogens with one attached hydrogen (secondary N) is 1. The Kier molecular flexibility index (Phi) is 3.60. The van der Waals surface area contributed by atoms with Crippen molar-refractivity contribution in [3.8, 4) is 0 Å². The third kappa shape index (κ3) is 3.05. The molecule has 0 heterocycles. The lowest BCUT2D eigenvalue weighted by Gasteiger charge is -2.10. The van der Waals surface area contributed by atoms with Crippen LogP contribution in [0.15, 0.2) is 48.5 Å². The van der Waals surface area contributed by atoms with Crippen LogP contribution in [0.1, 0.15) is 23.5 Å². The van der Waals surface area contributed by atoms with E-state index in [1.165, 1.54) is 6.07 Å². The van der Waals surface area contributed by atoms with Gasteiger partial charge in [0.25, 0.3) is 0 Å². The van der Waals surface area contributed by atoms with Crippen LogP contribution in [0.4, 0.5) is 10.1 Å². The fraction of sp³-hybridized carbons (Fsp3) is 0.235. The molecule has 21 heavy (non-hydrogen) atoms. The van der Waals surface area contributed by atoms with E-state index in [2.05, 4.69) is 5.32 Å². The van der Waals surface area contributed by atoms with Crippen LogP contribution >= 0.6 is 0 Å². The lowest BCUT2D eigenvalue weighted by Crippen LogP contribution is -2.03. The molecule has 0 amide bonds. The molecular weight excluding hydrogens is 269 g/mol. The van der Waals surface area contributed by atoms with Crippen molar-refractivity contribution in [1.29, 1.82) is 0 Å². The van der Waals surface area contributed by atoms with Gasteiger partial charge < -0.3 is 10.4 Å². The second-order valence-corrected chi connectivity index (χ2v) is 5.37. The number of carboxylic acids is 1. The lowest BCUT2D eigenvalue weighted by molar-refractivity contribution is -0.138. The molecule has 1 saturated carbocycles. The summed E-state index contributed by atoms with van der Waals surface area (Å²) in [7, 11) is 0.